The summed E-state index contributed by atoms with van der Waals surface area (Å²) in [6.45, 7) is 2.51. The predicted octanol–water partition coefficient (Wildman–Crippen LogP) is 2.04. The number of pyridine rings is 1. The molecule has 0 amide bonds. The number of aromatic nitrogens is 1. The summed E-state index contributed by atoms with van der Waals surface area (Å²) in [5.41, 5.74) is 4.66. The molecule has 1 fully saturated rings. The molecule has 1 aliphatic rings. The molecule has 2 N–H and O–H groups in total. The standard InChI is InChI=1S/C13H18F3N3O/c14-13(15,16)10-1-2-12(18-9-10)19-6-3-11(4-7-19)20-8-5-17/h1-2,9,11H,3-8,17H2. The first kappa shape index (κ1) is 15.1. The molecule has 0 unspecified atom stereocenters. The van der Waals surface area contributed by atoms with Gasteiger partial charge in [-0.1, -0.05) is 0 Å². The monoisotopic (exact) mass is 289 g/mol. The molecular weight excluding hydrogens is 271 g/mol. The summed E-state index contributed by atoms with van der Waals surface area (Å²) in [4.78, 5) is 5.88. The average Bonchev–Trinajstić information content (AvgIpc) is 2.45. The third-order valence-corrected chi connectivity index (χ3v) is 3.31. The first-order valence-corrected chi connectivity index (χ1v) is 6.60. The van der Waals surface area contributed by atoms with Crippen LogP contribution in [0.5, 0.6) is 0 Å². The SMILES string of the molecule is NCCOC1CCN(c2ccc(C(F)(F)F)cn2)CC1. The molecule has 0 atom stereocenters. The van der Waals surface area contributed by atoms with Crippen molar-refractivity contribution >= 4 is 5.82 Å². The minimum Gasteiger partial charge on any atom is -0.377 e. The zero-order chi connectivity index (χ0) is 14.6. The van der Waals surface area contributed by atoms with Crippen LogP contribution in [0.1, 0.15) is 18.4 Å². The van der Waals surface area contributed by atoms with Gasteiger partial charge in [-0.15, -0.1) is 0 Å². The molecule has 1 aromatic heterocycles. The Balaban J connectivity index is 1.90. The number of alkyl halides is 3. The fraction of sp³-hybridized carbons (Fsp3) is 0.615. The van der Waals surface area contributed by atoms with Crippen LogP contribution in [0.2, 0.25) is 0 Å². The predicted molar refractivity (Wildman–Crippen MR) is 69.5 cm³/mol. The second-order valence-electron chi connectivity index (χ2n) is 4.75. The number of piperidine rings is 1. The van der Waals surface area contributed by atoms with E-state index in [0.29, 0.717) is 19.0 Å². The van der Waals surface area contributed by atoms with Crippen LogP contribution >= 0.6 is 0 Å². The van der Waals surface area contributed by atoms with Gasteiger partial charge in [0.15, 0.2) is 0 Å². The van der Waals surface area contributed by atoms with Gasteiger partial charge in [0.05, 0.1) is 18.3 Å². The van der Waals surface area contributed by atoms with Crippen molar-refractivity contribution in [2.45, 2.75) is 25.1 Å². The van der Waals surface area contributed by atoms with Crippen molar-refractivity contribution in [3.05, 3.63) is 23.9 Å². The third-order valence-electron chi connectivity index (χ3n) is 3.31. The van der Waals surface area contributed by atoms with Crippen LogP contribution in [0.4, 0.5) is 19.0 Å². The van der Waals surface area contributed by atoms with Crippen molar-refractivity contribution < 1.29 is 17.9 Å². The number of ether oxygens (including phenoxy) is 1. The largest absolute Gasteiger partial charge is 0.417 e. The summed E-state index contributed by atoms with van der Waals surface area (Å²) >= 11 is 0. The van der Waals surface area contributed by atoms with Crippen LogP contribution in [-0.4, -0.2) is 37.3 Å². The minimum absolute atomic E-state index is 0.184. The molecule has 0 radical (unpaired) electrons. The molecule has 2 rings (SSSR count). The lowest BCUT2D eigenvalue weighted by Crippen LogP contribution is -2.38. The zero-order valence-electron chi connectivity index (χ0n) is 11.1. The lowest BCUT2D eigenvalue weighted by Gasteiger charge is -2.32. The van der Waals surface area contributed by atoms with Crippen LogP contribution in [0.3, 0.4) is 0 Å². The van der Waals surface area contributed by atoms with Crippen molar-refractivity contribution in [1.82, 2.24) is 4.98 Å². The van der Waals surface area contributed by atoms with Crippen molar-refractivity contribution in [1.29, 1.82) is 0 Å². The Labute approximate surface area is 115 Å². The van der Waals surface area contributed by atoms with E-state index in [9.17, 15) is 13.2 Å². The molecular formula is C13H18F3N3O. The van der Waals surface area contributed by atoms with E-state index in [2.05, 4.69) is 4.98 Å². The van der Waals surface area contributed by atoms with E-state index in [4.69, 9.17) is 10.5 Å². The number of nitrogens with zero attached hydrogens (tertiary/aromatic N) is 2. The van der Waals surface area contributed by atoms with Gasteiger partial charge < -0.3 is 15.4 Å². The van der Waals surface area contributed by atoms with Crippen LogP contribution in [0.15, 0.2) is 18.3 Å². The average molecular weight is 289 g/mol. The van der Waals surface area contributed by atoms with Gasteiger partial charge in [0.2, 0.25) is 0 Å². The number of halogens is 3. The first-order chi connectivity index (χ1) is 9.50. The lowest BCUT2D eigenvalue weighted by atomic mass is 10.1. The minimum atomic E-state index is -4.34. The molecule has 2 heterocycles. The maximum Gasteiger partial charge on any atom is 0.417 e. The highest BCUT2D eigenvalue weighted by molar-refractivity contribution is 5.40. The summed E-state index contributed by atoms with van der Waals surface area (Å²) in [7, 11) is 0. The van der Waals surface area contributed by atoms with Gasteiger partial charge in [-0.2, -0.15) is 13.2 Å². The van der Waals surface area contributed by atoms with Crippen molar-refractivity contribution in [3.63, 3.8) is 0 Å². The fourth-order valence-electron chi connectivity index (χ4n) is 2.23. The number of hydrogen-bond donors (Lipinski definition) is 1. The second-order valence-corrected chi connectivity index (χ2v) is 4.75. The number of rotatable bonds is 4. The number of hydrogen-bond acceptors (Lipinski definition) is 4. The normalized spacial score (nSPS) is 17.5. The number of anilines is 1. The highest BCUT2D eigenvalue weighted by Crippen LogP contribution is 2.29. The molecule has 0 spiro atoms. The van der Waals surface area contributed by atoms with Gasteiger partial charge in [-0.05, 0) is 25.0 Å². The molecule has 0 aliphatic carbocycles. The maximum absolute atomic E-state index is 12.5. The molecule has 112 valence electrons. The van der Waals surface area contributed by atoms with Gasteiger partial charge >= 0.3 is 6.18 Å². The summed E-state index contributed by atoms with van der Waals surface area (Å²) < 4.78 is 42.9. The Bertz CT molecular complexity index is 414. The smallest absolute Gasteiger partial charge is 0.377 e. The summed E-state index contributed by atoms with van der Waals surface area (Å²) in [6.07, 6.45) is -1.60. The molecule has 1 saturated heterocycles. The van der Waals surface area contributed by atoms with E-state index in [-0.39, 0.29) is 6.10 Å². The Kier molecular flexibility index (Phi) is 4.82. The van der Waals surface area contributed by atoms with E-state index >= 15 is 0 Å². The van der Waals surface area contributed by atoms with Gasteiger partial charge in [-0.25, -0.2) is 4.98 Å². The molecule has 1 aliphatic heterocycles. The Morgan fingerprint density at radius 1 is 1.30 bits per heavy atom. The Morgan fingerprint density at radius 2 is 2.00 bits per heavy atom. The van der Waals surface area contributed by atoms with Crippen LogP contribution < -0.4 is 10.6 Å². The number of nitrogens with two attached hydrogens (primary N) is 1. The summed E-state index contributed by atoms with van der Waals surface area (Å²) in [5.74, 6) is 0.579. The van der Waals surface area contributed by atoms with Gasteiger partial charge in [0, 0.05) is 25.8 Å². The van der Waals surface area contributed by atoms with E-state index in [0.717, 1.165) is 38.2 Å². The highest BCUT2D eigenvalue weighted by atomic mass is 19.4. The van der Waals surface area contributed by atoms with Crippen molar-refractivity contribution in [3.8, 4) is 0 Å². The quantitative estimate of drug-likeness (QED) is 0.921. The Morgan fingerprint density at radius 3 is 2.50 bits per heavy atom. The Hall–Kier alpha value is -1.34. The third kappa shape index (κ3) is 3.83. The first-order valence-electron chi connectivity index (χ1n) is 6.60. The molecule has 0 aromatic carbocycles. The molecule has 20 heavy (non-hydrogen) atoms. The second kappa shape index (κ2) is 6.41. The zero-order valence-corrected chi connectivity index (χ0v) is 11.1. The van der Waals surface area contributed by atoms with E-state index < -0.39 is 11.7 Å². The molecule has 4 nitrogen and oxygen atoms in total. The topological polar surface area (TPSA) is 51.4 Å². The van der Waals surface area contributed by atoms with Crippen molar-refractivity contribution in [2.75, 3.05) is 31.1 Å². The van der Waals surface area contributed by atoms with Gasteiger partial charge in [-0.3, -0.25) is 0 Å². The van der Waals surface area contributed by atoms with Crippen LogP contribution in [0, 0.1) is 0 Å². The molecule has 1 aromatic rings. The van der Waals surface area contributed by atoms with E-state index in [1.165, 1.54) is 6.07 Å². The van der Waals surface area contributed by atoms with Gasteiger partial charge in [0.25, 0.3) is 0 Å². The molecule has 7 heteroatoms. The fourth-order valence-corrected chi connectivity index (χ4v) is 2.23. The van der Waals surface area contributed by atoms with Crippen LogP contribution in [0.25, 0.3) is 0 Å². The maximum atomic E-state index is 12.5. The van der Waals surface area contributed by atoms with E-state index in [1.54, 1.807) is 0 Å². The lowest BCUT2D eigenvalue weighted by molar-refractivity contribution is -0.137. The highest BCUT2D eigenvalue weighted by Gasteiger charge is 2.31. The molecule has 0 saturated carbocycles. The van der Waals surface area contributed by atoms with E-state index in [1.807, 2.05) is 4.90 Å². The summed E-state index contributed by atoms with van der Waals surface area (Å²) in [5, 5.41) is 0. The summed E-state index contributed by atoms with van der Waals surface area (Å²) in [6, 6.07) is 2.49. The van der Waals surface area contributed by atoms with Crippen molar-refractivity contribution in [2.24, 2.45) is 5.73 Å². The van der Waals surface area contributed by atoms with Gasteiger partial charge in [0.1, 0.15) is 5.82 Å². The van der Waals surface area contributed by atoms with Crippen LogP contribution in [-0.2, 0) is 10.9 Å². The molecule has 0 bridgehead atoms.